The van der Waals surface area contributed by atoms with Gasteiger partial charge in [-0.25, -0.2) is 0 Å². The van der Waals surface area contributed by atoms with E-state index in [-0.39, 0.29) is 5.91 Å². The van der Waals surface area contributed by atoms with Crippen LogP contribution in [0.3, 0.4) is 0 Å². The second-order valence-corrected chi connectivity index (χ2v) is 2.86. The molecule has 1 fully saturated rings. The molecule has 2 aliphatic rings. The molecule has 11 heavy (non-hydrogen) atoms. The molecule has 0 aromatic rings. The molecule has 1 aliphatic heterocycles. The maximum atomic E-state index is 10.1. The standard InChI is InChI=1S/C5H8.C4H7NO/c1-2-4-5-3-1;6-4-2-1-3-5-4/h1-2H,3-5H2;1-3H2,(H,5,6). The van der Waals surface area contributed by atoms with Crippen LogP contribution in [0.15, 0.2) is 12.2 Å². The highest BCUT2D eigenvalue weighted by Crippen LogP contribution is 2.05. The number of carbonyl (C=O) groups excluding carboxylic acids is 1. The average molecular weight is 153 g/mol. The van der Waals surface area contributed by atoms with Gasteiger partial charge in [-0.3, -0.25) is 4.79 Å². The number of hydrogen-bond acceptors (Lipinski definition) is 1. The van der Waals surface area contributed by atoms with Crippen molar-refractivity contribution in [3.63, 3.8) is 0 Å². The molecule has 0 bridgehead atoms. The zero-order valence-electron chi connectivity index (χ0n) is 6.81. The van der Waals surface area contributed by atoms with Gasteiger partial charge in [-0.2, -0.15) is 0 Å². The first-order chi connectivity index (χ1) is 5.39. The summed E-state index contributed by atoms with van der Waals surface area (Å²) < 4.78 is 0. The summed E-state index contributed by atoms with van der Waals surface area (Å²) in [6.45, 7) is 0.888. The summed E-state index contributed by atoms with van der Waals surface area (Å²) in [5, 5.41) is 2.68. The maximum Gasteiger partial charge on any atom is 0.220 e. The molecule has 0 unspecified atom stereocenters. The summed E-state index contributed by atoms with van der Waals surface area (Å²) in [6, 6.07) is 0. The van der Waals surface area contributed by atoms with Gasteiger partial charge in [0.2, 0.25) is 5.91 Å². The molecular weight excluding hydrogens is 138 g/mol. The number of hydrogen-bond donors (Lipinski definition) is 1. The highest BCUT2D eigenvalue weighted by Gasteiger charge is 2.05. The lowest BCUT2D eigenvalue weighted by molar-refractivity contribution is -0.119. The van der Waals surface area contributed by atoms with Crippen LogP contribution in [-0.2, 0) is 4.79 Å². The third kappa shape index (κ3) is 3.81. The summed E-state index contributed by atoms with van der Waals surface area (Å²) in [7, 11) is 0. The Kier molecular flexibility index (Phi) is 3.73. The Balaban J connectivity index is 0.000000112. The Bertz CT molecular complexity index is 138. The molecule has 2 nitrogen and oxygen atoms in total. The van der Waals surface area contributed by atoms with Gasteiger partial charge in [-0.15, -0.1) is 0 Å². The van der Waals surface area contributed by atoms with Crippen LogP contribution in [0, 0.1) is 0 Å². The van der Waals surface area contributed by atoms with E-state index in [1.165, 1.54) is 19.3 Å². The fraction of sp³-hybridized carbons (Fsp3) is 0.667. The molecule has 0 saturated carbocycles. The summed E-state index contributed by atoms with van der Waals surface area (Å²) in [5.41, 5.74) is 0. The molecular formula is C9H15NO. The van der Waals surface area contributed by atoms with E-state index in [1.807, 2.05) is 0 Å². The fourth-order valence-electron chi connectivity index (χ4n) is 1.15. The first kappa shape index (κ1) is 8.31. The van der Waals surface area contributed by atoms with Crippen molar-refractivity contribution in [1.82, 2.24) is 5.32 Å². The summed E-state index contributed by atoms with van der Waals surface area (Å²) in [6.07, 6.45) is 10.3. The van der Waals surface area contributed by atoms with E-state index in [0.717, 1.165) is 19.4 Å². The zero-order chi connectivity index (χ0) is 7.94. The van der Waals surface area contributed by atoms with Crippen molar-refractivity contribution >= 4 is 5.91 Å². The van der Waals surface area contributed by atoms with E-state index in [2.05, 4.69) is 17.5 Å². The van der Waals surface area contributed by atoms with E-state index >= 15 is 0 Å². The Hall–Kier alpha value is -0.790. The quantitative estimate of drug-likeness (QED) is 0.526. The van der Waals surface area contributed by atoms with Gasteiger partial charge in [0, 0.05) is 13.0 Å². The molecule has 1 aliphatic carbocycles. The molecule has 0 radical (unpaired) electrons. The van der Waals surface area contributed by atoms with Crippen LogP contribution in [0.25, 0.3) is 0 Å². The molecule has 1 amide bonds. The van der Waals surface area contributed by atoms with Gasteiger partial charge in [-0.1, -0.05) is 12.2 Å². The number of nitrogens with one attached hydrogen (secondary N) is 1. The zero-order valence-corrected chi connectivity index (χ0v) is 6.81. The first-order valence-corrected chi connectivity index (χ1v) is 4.31. The predicted octanol–water partition coefficient (Wildman–Crippen LogP) is 1.62. The lowest BCUT2D eigenvalue weighted by Crippen LogP contribution is -2.12. The minimum absolute atomic E-state index is 0.204. The minimum atomic E-state index is 0.204. The number of amides is 1. The van der Waals surface area contributed by atoms with Crippen molar-refractivity contribution in [2.45, 2.75) is 32.1 Å². The van der Waals surface area contributed by atoms with Gasteiger partial charge in [0.05, 0.1) is 0 Å². The predicted molar refractivity (Wildman–Crippen MR) is 45.2 cm³/mol. The molecule has 1 N–H and O–H groups in total. The van der Waals surface area contributed by atoms with Crippen LogP contribution in [0.4, 0.5) is 0 Å². The van der Waals surface area contributed by atoms with E-state index in [1.54, 1.807) is 0 Å². The van der Waals surface area contributed by atoms with E-state index in [0.29, 0.717) is 0 Å². The van der Waals surface area contributed by atoms with Crippen molar-refractivity contribution in [2.24, 2.45) is 0 Å². The molecule has 0 aromatic carbocycles. The Morgan fingerprint density at radius 3 is 2.09 bits per heavy atom. The van der Waals surface area contributed by atoms with Crippen LogP contribution in [-0.4, -0.2) is 12.5 Å². The molecule has 2 rings (SSSR count). The summed E-state index contributed by atoms with van der Waals surface area (Å²) >= 11 is 0. The number of allylic oxidation sites excluding steroid dienone is 2. The van der Waals surface area contributed by atoms with Crippen LogP contribution in [0.2, 0.25) is 0 Å². The third-order valence-corrected chi connectivity index (χ3v) is 1.81. The summed E-state index contributed by atoms with van der Waals surface area (Å²) in [4.78, 5) is 10.1. The van der Waals surface area contributed by atoms with Crippen LogP contribution < -0.4 is 5.32 Å². The Morgan fingerprint density at radius 1 is 1.18 bits per heavy atom. The van der Waals surface area contributed by atoms with Gasteiger partial charge in [0.1, 0.15) is 0 Å². The summed E-state index contributed by atoms with van der Waals surface area (Å²) in [5.74, 6) is 0.204. The smallest absolute Gasteiger partial charge is 0.220 e. The van der Waals surface area contributed by atoms with E-state index in [9.17, 15) is 4.79 Å². The van der Waals surface area contributed by atoms with Crippen molar-refractivity contribution in [2.75, 3.05) is 6.54 Å². The van der Waals surface area contributed by atoms with Gasteiger partial charge in [-0.05, 0) is 25.7 Å². The Labute approximate surface area is 67.7 Å². The van der Waals surface area contributed by atoms with Gasteiger partial charge in [0.15, 0.2) is 0 Å². The Morgan fingerprint density at radius 2 is 1.91 bits per heavy atom. The van der Waals surface area contributed by atoms with Crippen LogP contribution in [0.1, 0.15) is 32.1 Å². The second kappa shape index (κ2) is 4.94. The highest BCUT2D eigenvalue weighted by molar-refractivity contribution is 5.77. The number of carbonyl (C=O) groups is 1. The molecule has 62 valence electrons. The van der Waals surface area contributed by atoms with Crippen LogP contribution in [0.5, 0.6) is 0 Å². The molecule has 1 heterocycles. The van der Waals surface area contributed by atoms with Crippen molar-refractivity contribution in [1.29, 1.82) is 0 Å². The van der Waals surface area contributed by atoms with Crippen molar-refractivity contribution in [3.8, 4) is 0 Å². The van der Waals surface area contributed by atoms with E-state index in [4.69, 9.17) is 0 Å². The topological polar surface area (TPSA) is 29.1 Å². The average Bonchev–Trinajstić information content (AvgIpc) is 2.57. The number of rotatable bonds is 0. The molecule has 1 saturated heterocycles. The van der Waals surface area contributed by atoms with Crippen molar-refractivity contribution in [3.05, 3.63) is 12.2 Å². The monoisotopic (exact) mass is 153 g/mol. The lowest BCUT2D eigenvalue weighted by Gasteiger charge is -1.80. The lowest BCUT2D eigenvalue weighted by atomic mass is 10.4. The molecule has 2 heteroatoms. The van der Waals surface area contributed by atoms with Gasteiger partial charge in [0.25, 0.3) is 0 Å². The normalized spacial score (nSPS) is 20.9. The molecule has 0 spiro atoms. The minimum Gasteiger partial charge on any atom is -0.356 e. The largest absolute Gasteiger partial charge is 0.356 e. The fourth-order valence-corrected chi connectivity index (χ4v) is 1.15. The van der Waals surface area contributed by atoms with Crippen molar-refractivity contribution < 1.29 is 4.79 Å². The highest BCUT2D eigenvalue weighted by atomic mass is 16.1. The maximum absolute atomic E-state index is 10.1. The van der Waals surface area contributed by atoms with E-state index < -0.39 is 0 Å². The van der Waals surface area contributed by atoms with Gasteiger partial charge >= 0.3 is 0 Å². The molecule has 0 aromatic heterocycles. The van der Waals surface area contributed by atoms with Gasteiger partial charge < -0.3 is 5.32 Å². The first-order valence-electron chi connectivity index (χ1n) is 4.31. The third-order valence-electron chi connectivity index (χ3n) is 1.81. The second-order valence-electron chi connectivity index (χ2n) is 2.86. The molecule has 0 atom stereocenters. The SMILES string of the molecule is C1=CCCC1.O=C1CCCN1. The van der Waals surface area contributed by atoms with Crippen LogP contribution >= 0.6 is 0 Å².